The van der Waals surface area contributed by atoms with E-state index in [9.17, 15) is 9.46 Å². The average molecular weight is 731 g/mol. The number of nitrogens with zero attached hydrogens (tertiary/aromatic N) is 8. The van der Waals surface area contributed by atoms with Crippen molar-refractivity contribution < 1.29 is 46.5 Å². The van der Waals surface area contributed by atoms with E-state index < -0.39 is 74.8 Å². The molecule has 5 N–H and O–H groups in total. The Balaban J connectivity index is 1.13. The lowest BCUT2D eigenvalue weighted by atomic mass is 9.98. The molecule has 0 aromatic carbocycles. The first kappa shape index (κ1) is 31.8. The highest BCUT2D eigenvalue weighted by Gasteiger charge is 2.66. The summed E-state index contributed by atoms with van der Waals surface area (Å²) >= 11 is 9.79. The van der Waals surface area contributed by atoms with Crippen LogP contribution in [0.3, 0.4) is 0 Å². The van der Waals surface area contributed by atoms with E-state index in [-0.39, 0.29) is 18.2 Å². The largest absolute Gasteiger partial charge is 0.386 e. The van der Waals surface area contributed by atoms with Crippen molar-refractivity contribution >= 4 is 71.5 Å². The smallest absolute Gasteiger partial charge is 0.382 e. The van der Waals surface area contributed by atoms with Crippen LogP contribution in [0.4, 0.5) is 11.6 Å². The number of imidazole rings is 2. The Kier molecular flexibility index (Phi) is 7.47. The fourth-order valence-electron chi connectivity index (χ4n) is 6.39. The molecule has 0 spiro atoms. The molecule has 47 heavy (non-hydrogen) atoms. The van der Waals surface area contributed by atoms with Gasteiger partial charge < -0.3 is 39.8 Å². The molecule has 8 rings (SSSR count). The van der Waals surface area contributed by atoms with Gasteiger partial charge in [0.1, 0.15) is 59.3 Å². The number of ether oxygens (including phenoxy) is 4. The zero-order chi connectivity index (χ0) is 32.9. The summed E-state index contributed by atoms with van der Waals surface area (Å²) in [6.45, 7) is -7.54. The van der Waals surface area contributed by atoms with Crippen LogP contribution in [0, 0.1) is 0 Å². The number of nitrogens with two attached hydrogens (primary N) is 2. The molecule has 20 nitrogen and oxygen atoms in total. The summed E-state index contributed by atoms with van der Waals surface area (Å²) in [5, 5.41) is 0. The van der Waals surface area contributed by atoms with Crippen LogP contribution < -0.4 is 11.5 Å². The SMILES string of the molecule is CO[C@H]1[C@H](n2cnc3c(N)ncnc32)O[C@]2(C)COP(O)(=S)O[C@H]3[C@H]4OC[C@]3(COP(=O)(S)O[C@@H]12)O[C@H]4n1cnc2c(N)ncnc21. The van der Waals surface area contributed by atoms with Gasteiger partial charge in [-0.3, -0.25) is 22.7 Å². The second-order valence-electron chi connectivity index (χ2n) is 11.6. The Morgan fingerprint density at radius 3 is 2.21 bits per heavy atom. The van der Waals surface area contributed by atoms with Gasteiger partial charge in [0.05, 0.1) is 32.5 Å². The van der Waals surface area contributed by atoms with Crippen LogP contribution in [0.15, 0.2) is 25.3 Å². The Morgan fingerprint density at radius 1 is 0.936 bits per heavy atom. The molecule has 0 saturated carbocycles. The summed E-state index contributed by atoms with van der Waals surface area (Å²) in [6.07, 6.45) is -0.378. The lowest BCUT2D eigenvalue weighted by Crippen LogP contribution is -2.48. The summed E-state index contributed by atoms with van der Waals surface area (Å²) in [5.41, 5.74) is 10.5. The number of methoxy groups -OCH3 is 1. The molecule has 0 aliphatic carbocycles. The molecule has 0 radical (unpaired) electrons. The van der Waals surface area contributed by atoms with E-state index in [4.69, 9.17) is 60.3 Å². The third-order valence-corrected chi connectivity index (χ3v) is 11.7. The highest BCUT2D eigenvalue weighted by atomic mass is 32.7. The minimum Gasteiger partial charge on any atom is -0.382 e. The van der Waals surface area contributed by atoms with Gasteiger partial charge in [0, 0.05) is 7.11 Å². The summed E-state index contributed by atoms with van der Waals surface area (Å²) in [5.74, 6) is 0.335. The minimum atomic E-state index is -4.22. The number of hydrogen-bond donors (Lipinski definition) is 4. The molecule has 24 heteroatoms. The minimum absolute atomic E-state index is 0.0720. The molecular formula is C23H28N10O10P2S2. The number of hydrogen-bond acceptors (Lipinski definition) is 18. The zero-order valence-corrected chi connectivity index (χ0v) is 28.0. The normalized spacial score (nSPS) is 40.7. The van der Waals surface area contributed by atoms with E-state index in [0.717, 1.165) is 0 Å². The Labute approximate surface area is 275 Å². The van der Waals surface area contributed by atoms with E-state index >= 15 is 0 Å². The number of thiol groups is 1. The van der Waals surface area contributed by atoms with E-state index in [1.165, 1.54) is 32.4 Å². The molecule has 2 unspecified atom stereocenters. The molecule has 4 aromatic rings. The van der Waals surface area contributed by atoms with Gasteiger partial charge in [0.25, 0.3) is 0 Å². The molecule has 4 fully saturated rings. The van der Waals surface area contributed by atoms with Crippen molar-refractivity contribution in [2.24, 2.45) is 0 Å². The van der Waals surface area contributed by atoms with Gasteiger partial charge in [0.15, 0.2) is 35.4 Å². The lowest BCUT2D eigenvalue weighted by Gasteiger charge is -2.36. The maximum atomic E-state index is 13.9. The summed E-state index contributed by atoms with van der Waals surface area (Å²) in [7, 11) is 1.42. The van der Waals surface area contributed by atoms with E-state index in [0.29, 0.717) is 22.3 Å². The predicted molar refractivity (Wildman–Crippen MR) is 166 cm³/mol. The molecule has 10 atom stereocenters. The second kappa shape index (κ2) is 11.0. The standard InChI is InChI=1S/C23H28N10O10P2S2/c1-22-3-38-44(34,46)43-15-13-21(33-9-31-11-17(25)27-7-29-19(11)33)41-23(15,4-37-13)5-39-45(35,47)42-14(22)12(36-2)20(40-22)32-8-30-10-16(24)26-6-28-18(10)32/h6-9,12-15,20-21H,3-5H2,1-2H3,(H,34,46)(H,35,47)(H2,24,26,28)(H2,25,27,29)/t12-,13-,14+,15+,20-,21-,22-,23-,44?,45?/m1/s1. The van der Waals surface area contributed by atoms with Gasteiger partial charge in [-0.2, -0.15) is 0 Å². The lowest BCUT2D eigenvalue weighted by molar-refractivity contribution is -0.183. The molecule has 2 bridgehead atoms. The predicted octanol–water partition coefficient (Wildman–Crippen LogP) is 0.871. The molecule has 0 amide bonds. The van der Waals surface area contributed by atoms with Crippen LogP contribution in [0.25, 0.3) is 22.3 Å². The topological polar surface area (TPSA) is 250 Å². The second-order valence-corrected chi connectivity index (χ2v) is 17.2. The van der Waals surface area contributed by atoms with Gasteiger partial charge in [-0.1, -0.05) is 12.2 Å². The monoisotopic (exact) mass is 730 g/mol. The Morgan fingerprint density at radius 2 is 1.57 bits per heavy atom. The number of fused-ring (bicyclic) bond motifs is 3. The highest BCUT2D eigenvalue weighted by Crippen LogP contribution is 2.62. The zero-order valence-electron chi connectivity index (χ0n) is 24.5. The third-order valence-electron chi connectivity index (χ3n) is 8.62. The van der Waals surface area contributed by atoms with Crippen molar-refractivity contribution in [1.82, 2.24) is 39.0 Å². The van der Waals surface area contributed by atoms with Crippen LogP contribution in [-0.4, -0.2) is 106 Å². The van der Waals surface area contributed by atoms with Gasteiger partial charge in [0.2, 0.25) is 0 Å². The molecule has 4 aromatic heterocycles. The molecule has 8 heterocycles. The van der Waals surface area contributed by atoms with Crippen LogP contribution in [-0.2, 0) is 53.4 Å². The van der Waals surface area contributed by atoms with Gasteiger partial charge in [-0.05, 0) is 18.7 Å². The maximum Gasteiger partial charge on any atom is 0.386 e. The van der Waals surface area contributed by atoms with E-state index in [2.05, 4.69) is 42.2 Å². The molecule has 4 saturated heterocycles. The number of aromatic nitrogens is 8. The number of anilines is 2. The third kappa shape index (κ3) is 5.09. The van der Waals surface area contributed by atoms with E-state index in [1.54, 1.807) is 16.1 Å². The first-order valence-electron chi connectivity index (χ1n) is 14.0. The maximum absolute atomic E-state index is 13.9. The highest BCUT2D eigenvalue weighted by molar-refractivity contribution is 8.44. The first-order valence-corrected chi connectivity index (χ1v) is 19.3. The quantitative estimate of drug-likeness (QED) is 0.169. The fourth-order valence-corrected chi connectivity index (χ4v) is 9.45. The van der Waals surface area contributed by atoms with Crippen molar-refractivity contribution in [2.45, 2.75) is 55.0 Å². The van der Waals surface area contributed by atoms with E-state index in [1.807, 2.05) is 0 Å². The van der Waals surface area contributed by atoms with Crippen LogP contribution in [0.1, 0.15) is 19.4 Å². The summed E-state index contributed by atoms with van der Waals surface area (Å²) < 4.78 is 65.9. The van der Waals surface area contributed by atoms with Gasteiger partial charge in [-0.15, -0.1) is 0 Å². The summed E-state index contributed by atoms with van der Waals surface area (Å²) in [4.78, 5) is 36.5. The van der Waals surface area contributed by atoms with Crippen molar-refractivity contribution in [1.29, 1.82) is 0 Å². The number of rotatable bonds is 3. The average Bonchev–Trinajstić information content (AvgIpc) is 3.83. The Hall–Kier alpha value is -2.43. The van der Waals surface area contributed by atoms with Gasteiger partial charge >= 0.3 is 13.5 Å². The number of nitrogen functional groups attached to an aromatic ring is 2. The van der Waals surface area contributed by atoms with Crippen molar-refractivity contribution in [3.8, 4) is 0 Å². The van der Waals surface area contributed by atoms with Crippen molar-refractivity contribution in [3.63, 3.8) is 0 Å². The van der Waals surface area contributed by atoms with Crippen LogP contribution >= 0.6 is 25.8 Å². The fraction of sp³-hybridized carbons (Fsp3) is 0.565. The molecule has 4 aliphatic heterocycles. The van der Waals surface area contributed by atoms with Crippen molar-refractivity contribution in [2.75, 3.05) is 38.4 Å². The van der Waals surface area contributed by atoms with Crippen LogP contribution in [0.5, 0.6) is 0 Å². The van der Waals surface area contributed by atoms with Gasteiger partial charge in [-0.25, -0.2) is 34.5 Å². The molecule has 252 valence electrons. The van der Waals surface area contributed by atoms with Crippen LogP contribution in [0.2, 0.25) is 0 Å². The first-order chi connectivity index (χ1) is 22.3. The molecular weight excluding hydrogens is 702 g/mol. The van der Waals surface area contributed by atoms with Crippen molar-refractivity contribution in [3.05, 3.63) is 25.3 Å². The summed E-state index contributed by atoms with van der Waals surface area (Å²) in [6, 6.07) is 0. The Bertz CT molecular complexity index is 1990. The molecule has 4 aliphatic rings.